The van der Waals surface area contributed by atoms with Gasteiger partial charge in [0, 0.05) is 15.7 Å². The van der Waals surface area contributed by atoms with Gasteiger partial charge in [0.15, 0.2) is 0 Å². The predicted molar refractivity (Wildman–Crippen MR) is 110 cm³/mol. The lowest BCUT2D eigenvalue weighted by atomic mass is 10.0. The van der Waals surface area contributed by atoms with E-state index in [9.17, 15) is 4.79 Å². The highest BCUT2D eigenvalue weighted by molar-refractivity contribution is 9.10. The minimum atomic E-state index is -0.199. The zero-order valence-electron chi connectivity index (χ0n) is 15.5. The standard InChI is InChI=1S/C22H22BrN3O/c1-15-20(16(2)26(25-15)19-6-4-3-5-7-19)14-21(27)24-22(12-13-22)17-8-10-18(23)11-9-17/h3-11H,12-14H2,1-2H3,(H,24,27). The quantitative estimate of drug-likeness (QED) is 0.651. The number of benzene rings is 2. The Morgan fingerprint density at radius 3 is 2.41 bits per heavy atom. The lowest BCUT2D eigenvalue weighted by Crippen LogP contribution is -2.36. The molecule has 1 N–H and O–H groups in total. The number of carbonyl (C=O) groups is 1. The third-order valence-corrected chi connectivity index (χ3v) is 5.83. The summed E-state index contributed by atoms with van der Waals surface area (Å²) in [5.41, 5.74) is 4.91. The van der Waals surface area contributed by atoms with Crippen molar-refractivity contribution in [2.75, 3.05) is 0 Å². The second kappa shape index (κ2) is 6.97. The van der Waals surface area contributed by atoms with Crippen LogP contribution in [-0.4, -0.2) is 15.7 Å². The number of hydrogen-bond donors (Lipinski definition) is 1. The molecule has 4 rings (SSSR count). The summed E-state index contributed by atoms with van der Waals surface area (Å²) in [4.78, 5) is 12.8. The van der Waals surface area contributed by atoms with Crippen LogP contribution in [-0.2, 0) is 16.8 Å². The van der Waals surface area contributed by atoms with Gasteiger partial charge in [0.1, 0.15) is 0 Å². The molecule has 1 amide bonds. The van der Waals surface area contributed by atoms with Crippen molar-refractivity contribution >= 4 is 21.8 Å². The number of carbonyl (C=O) groups excluding carboxylic acids is 1. The van der Waals surface area contributed by atoms with E-state index in [1.807, 2.05) is 61.0 Å². The second-order valence-electron chi connectivity index (χ2n) is 7.21. The number of aryl methyl sites for hydroxylation is 1. The Hall–Kier alpha value is -2.40. The number of nitrogens with zero attached hydrogens (tertiary/aromatic N) is 2. The SMILES string of the molecule is Cc1nn(-c2ccccc2)c(C)c1CC(=O)NC1(c2ccc(Br)cc2)CC1. The molecule has 1 aromatic heterocycles. The third kappa shape index (κ3) is 3.56. The molecule has 138 valence electrons. The number of aromatic nitrogens is 2. The highest BCUT2D eigenvalue weighted by Crippen LogP contribution is 2.45. The van der Waals surface area contributed by atoms with Gasteiger partial charge in [0.2, 0.25) is 5.91 Å². The first-order chi connectivity index (χ1) is 13.0. The Balaban J connectivity index is 1.52. The molecule has 0 atom stereocenters. The summed E-state index contributed by atoms with van der Waals surface area (Å²) in [6.45, 7) is 3.99. The second-order valence-corrected chi connectivity index (χ2v) is 8.13. The van der Waals surface area contributed by atoms with Gasteiger partial charge in [-0.25, -0.2) is 4.68 Å². The maximum Gasteiger partial charge on any atom is 0.225 e. The molecule has 27 heavy (non-hydrogen) atoms. The van der Waals surface area contributed by atoms with Crippen LogP contribution in [0, 0.1) is 13.8 Å². The van der Waals surface area contributed by atoms with E-state index in [1.54, 1.807) is 0 Å². The summed E-state index contributed by atoms with van der Waals surface area (Å²) < 4.78 is 2.97. The third-order valence-electron chi connectivity index (χ3n) is 5.30. The number of halogens is 1. The fourth-order valence-electron chi connectivity index (χ4n) is 3.60. The molecular weight excluding hydrogens is 402 g/mol. The van der Waals surface area contributed by atoms with E-state index in [1.165, 1.54) is 5.56 Å². The highest BCUT2D eigenvalue weighted by Gasteiger charge is 2.45. The first kappa shape index (κ1) is 18.0. The predicted octanol–water partition coefficient (Wildman–Crippen LogP) is 4.60. The summed E-state index contributed by atoms with van der Waals surface area (Å²) in [6.07, 6.45) is 2.33. The van der Waals surface area contributed by atoms with E-state index in [0.717, 1.165) is 40.0 Å². The van der Waals surface area contributed by atoms with Crippen LogP contribution in [0.1, 0.15) is 35.4 Å². The topological polar surface area (TPSA) is 46.9 Å². The van der Waals surface area contributed by atoms with Gasteiger partial charge in [-0.1, -0.05) is 46.3 Å². The molecule has 5 heteroatoms. The van der Waals surface area contributed by atoms with Crippen LogP contribution in [0.15, 0.2) is 59.1 Å². The Morgan fingerprint density at radius 1 is 1.11 bits per heavy atom. The van der Waals surface area contributed by atoms with Gasteiger partial charge in [-0.05, 0) is 56.5 Å². The fourth-order valence-corrected chi connectivity index (χ4v) is 3.87. The Kier molecular flexibility index (Phi) is 4.64. The molecule has 0 unspecified atom stereocenters. The zero-order chi connectivity index (χ0) is 19.0. The first-order valence-electron chi connectivity index (χ1n) is 9.16. The zero-order valence-corrected chi connectivity index (χ0v) is 17.1. The van der Waals surface area contributed by atoms with E-state index in [4.69, 9.17) is 0 Å². The Labute approximate surface area is 167 Å². The van der Waals surface area contributed by atoms with E-state index in [-0.39, 0.29) is 11.4 Å². The van der Waals surface area contributed by atoms with Crippen LogP contribution in [0.5, 0.6) is 0 Å². The van der Waals surface area contributed by atoms with Crippen molar-refractivity contribution in [3.63, 3.8) is 0 Å². The lowest BCUT2D eigenvalue weighted by Gasteiger charge is -2.18. The summed E-state index contributed by atoms with van der Waals surface area (Å²) in [7, 11) is 0. The molecule has 1 fully saturated rings. The molecular formula is C22H22BrN3O. The average Bonchev–Trinajstić information content (AvgIpc) is 3.39. The van der Waals surface area contributed by atoms with Crippen LogP contribution in [0.3, 0.4) is 0 Å². The van der Waals surface area contributed by atoms with Gasteiger partial charge in [-0.15, -0.1) is 0 Å². The van der Waals surface area contributed by atoms with Crippen molar-refractivity contribution in [1.82, 2.24) is 15.1 Å². The van der Waals surface area contributed by atoms with Crippen LogP contribution in [0.4, 0.5) is 0 Å². The van der Waals surface area contributed by atoms with E-state index < -0.39 is 0 Å². The van der Waals surface area contributed by atoms with E-state index in [2.05, 4.69) is 38.5 Å². The molecule has 0 aliphatic heterocycles. The largest absolute Gasteiger partial charge is 0.346 e. The summed E-state index contributed by atoms with van der Waals surface area (Å²) in [6, 6.07) is 18.2. The molecule has 2 aromatic carbocycles. The van der Waals surface area contributed by atoms with E-state index in [0.29, 0.717) is 6.42 Å². The molecule has 1 heterocycles. The minimum absolute atomic E-state index is 0.0502. The fraction of sp³-hybridized carbons (Fsp3) is 0.273. The van der Waals surface area contributed by atoms with Gasteiger partial charge in [-0.2, -0.15) is 5.10 Å². The molecule has 0 saturated heterocycles. The van der Waals surface area contributed by atoms with Gasteiger partial charge < -0.3 is 5.32 Å². The molecule has 4 nitrogen and oxygen atoms in total. The maximum absolute atomic E-state index is 12.8. The van der Waals surface area contributed by atoms with Gasteiger partial charge in [0.05, 0.1) is 23.3 Å². The number of hydrogen-bond acceptors (Lipinski definition) is 2. The number of nitrogens with one attached hydrogen (secondary N) is 1. The van der Waals surface area contributed by atoms with Crippen molar-refractivity contribution < 1.29 is 4.79 Å². The number of amides is 1. The number of para-hydroxylation sites is 1. The molecule has 0 bridgehead atoms. The number of rotatable bonds is 5. The van der Waals surface area contributed by atoms with Crippen molar-refractivity contribution in [3.8, 4) is 5.69 Å². The average molecular weight is 424 g/mol. The summed E-state index contributed by atoms with van der Waals surface area (Å²) in [5, 5.41) is 7.91. The molecule has 1 aliphatic carbocycles. The monoisotopic (exact) mass is 423 g/mol. The Morgan fingerprint density at radius 2 is 1.78 bits per heavy atom. The van der Waals surface area contributed by atoms with Crippen LogP contribution in [0.25, 0.3) is 5.69 Å². The van der Waals surface area contributed by atoms with Gasteiger partial charge in [0.25, 0.3) is 0 Å². The van der Waals surface area contributed by atoms with Gasteiger partial charge >= 0.3 is 0 Å². The van der Waals surface area contributed by atoms with Crippen LogP contribution < -0.4 is 5.32 Å². The maximum atomic E-state index is 12.8. The first-order valence-corrected chi connectivity index (χ1v) is 9.95. The van der Waals surface area contributed by atoms with Crippen molar-refractivity contribution in [2.24, 2.45) is 0 Å². The van der Waals surface area contributed by atoms with Gasteiger partial charge in [-0.3, -0.25) is 4.79 Å². The minimum Gasteiger partial charge on any atom is -0.346 e. The van der Waals surface area contributed by atoms with Crippen LogP contribution >= 0.6 is 15.9 Å². The normalized spacial score (nSPS) is 14.8. The highest BCUT2D eigenvalue weighted by atomic mass is 79.9. The van der Waals surface area contributed by atoms with Crippen molar-refractivity contribution in [3.05, 3.63) is 81.6 Å². The molecule has 1 aliphatic rings. The summed E-state index contributed by atoms with van der Waals surface area (Å²) in [5.74, 6) is 0.0502. The Bertz CT molecular complexity index is 973. The molecule has 0 radical (unpaired) electrons. The smallest absolute Gasteiger partial charge is 0.225 e. The lowest BCUT2D eigenvalue weighted by molar-refractivity contribution is -0.121. The van der Waals surface area contributed by atoms with Crippen LogP contribution in [0.2, 0.25) is 0 Å². The summed E-state index contributed by atoms with van der Waals surface area (Å²) >= 11 is 3.47. The molecule has 0 spiro atoms. The molecule has 1 saturated carbocycles. The van der Waals surface area contributed by atoms with Crippen molar-refractivity contribution in [1.29, 1.82) is 0 Å². The molecule has 3 aromatic rings. The van der Waals surface area contributed by atoms with Crippen molar-refractivity contribution in [2.45, 2.75) is 38.6 Å². The van der Waals surface area contributed by atoms with E-state index >= 15 is 0 Å².